The summed E-state index contributed by atoms with van der Waals surface area (Å²) in [5.74, 6) is -0.224. The maximum atomic E-state index is 12.2. The van der Waals surface area contributed by atoms with Gasteiger partial charge in [-0.2, -0.15) is 0 Å². The largest absolute Gasteiger partial charge is 0.355 e. The Morgan fingerprint density at radius 3 is 2.62 bits per heavy atom. The number of amides is 1. The topological polar surface area (TPSA) is 66.9 Å². The van der Waals surface area contributed by atoms with Crippen molar-refractivity contribution >= 4 is 33.2 Å². The molecule has 24 heavy (non-hydrogen) atoms. The molecule has 0 aliphatic rings. The third-order valence-corrected chi connectivity index (χ3v) is 3.83. The standard InChI is InChI=1S/C18H15BrN4O/c19-14-3-5-15(6-4-14)23-16-7-9-21-17(10-16)18(24)22-12-13-2-1-8-20-11-13/h1-11H,12H2,(H,21,23)(H,22,24). The van der Waals surface area contributed by atoms with Crippen LogP contribution in [0.5, 0.6) is 0 Å². The van der Waals surface area contributed by atoms with Crippen molar-refractivity contribution in [3.05, 3.63) is 82.9 Å². The summed E-state index contributed by atoms with van der Waals surface area (Å²) in [7, 11) is 0. The number of rotatable bonds is 5. The lowest BCUT2D eigenvalue weighted by Gasteiger charge is -2.09. The molecule has 0 saturated carbocycles. The van der Waals surface area contributed by atoms with Gasteiger partial charge in [-0.05, 0) is 48.0 Å². The molecule has 0 unspecified atom stereocenters. The fourth-order valence-corrected chi connectivity index (χ4v) is 2.37. The number of hydrogen-bond donors (Lipinski definition) is 2. The van der Waals surface area contributed by atoms with Crippen molar-refractivity contribution in [1.82, 2.24) is 15.3 Å². The number of nitrogens with zero attached hydrogens (tertiary/aromatic N) is 2. The van der Waals surface area contributed by atoms with Gasteiger partial charge in [-0.25, -0.2) is 0 Å². The van der Waals surface area contributed by atoms with Crippen LogP contribution in [0.3, 0.4) is 0 Å². The van der Waals surface area contributed by atoms with Gasteiger partial charge in [0.1, 0.15) is 5.69 Å². The first-order valence-corrected chi connectivity index (χ1v) is 8.16. The average Bonchev–Trinajstić information content (AvgIpc) is 2.63. The molecular weight excluding hydrogens is 368 g/mol. The van der Waals surface area contributed by atoms with Gasteiger partial charge in [0.05, 0.1) is 0 Å². The molecule has 3 aromatic rings. The van der Waals surface area contributed by atoms with Crippen LogP contribution < -0.4 is 10.6 Å². The molecule has 0 saturated heterocycles. The van der Waals surface area contributed by atoms with Gasteiger partial charge in [0, 0.05) is 41.0 Å². The Bertz CT molecular complexity index is 822. The highest BCUT2D eigenvalue weighted by Gasteiger charge is 2.08. The van der Waals surface area contributed by atoms with Crippen LogP contribution in [0.4, 0.5) is 11.4 Å². The van der Waals surface area contributed by atoms with E-state index in [1.54, 1.807) is 24.7 Å². The number of pyridine rings is 2. The highest BCUT2D eigenvalue weighted by molar-refractivity contribution is 9.10. The van der Waals surface area contributed by atoms with E-state index in [0.717, 1.165) is 21.4 Å². The molecule has 0 fully saturated rings. The number of nitrogens with one attached hydrogen (secondary N) is 2. The van der Waals surface area contributed by atoms with Crippen molar-refractivity contribution < 1.29 is 4.79 Å². The van der Waals surface area contributed by atoms with Crippen molar-refractivity contribution in [1.29, 1.82) is 0 Å². The quantitative estimate of drug-likeness (QED) is 0.701. The van der Waals surface area contributed by atoms with Crippen LogP contribution in [0.25, 0.3) is 0 Å². The monoisotopic (exact) mass is 382 g/mol. The Morgan fingerprint density at radius 2 is 1.88 bits per heavy atom. The van der Waals surface area contributed by atoms with Crippen molar-refractivity contribution in [3.8, 4) is 0 Å². The van der Waals surface area contributed by atoms with Crippen LogP contribution in [-0.2, 0) is 6.54 Å². The third-order valence-electron chi connectivity index (χ3n) is 3.30. The second-order valence-electron chi connectivity index (χ2n) is 5.11. The zero-order valence-electron chi connectivity index (χ0n) is 12.7. The molecule has 0 bridgehead atoms. The van der Waals surface area contributed by atoms with Crippen molar-refractivity contribution in [3.63, 3.8) is 0 Å². The molecule has 3 rings (SSSR count). The lowest BCUT2D eigenvalue weighted by atomic mass is 10.2. The molecule has 6 heteroatoms. The number of carbonyl (C=O) groups excluding carboxylic acids is 1. The highest BCUT2D eigenvalue weighted by atomic mass is 79.9. The molecule has 120 valence electrons. The number of aromatic nitrogens is 2. The lowest BCUT2D eigenvalue weighted by molar-refractivity contribution is 0.0946. The number of carbonyl (C=O) groups is 1. The molecule has 0 aliphatic heterocycles. The molecule has 0 aliphatic carbocycles. The summed E-state index contributed by atoms with van der Waals surface area (Å²) in [6, 6.07) is 15.1. The normalized spacial score (nSPS) is 10.2. The summed E-state index contributed by atoms with van der Waals surface area (Å²) >= 11 is 3.40. The smallest absolute Gasteiger partial charge is 0.270 e. The number of anilines is 2. The summed E-state index contributed by atoms with van der Waals surface area (Å²) in [6.07, 6.45) is 5.03. The SMILES string of the molecule is O=C(NCc1cccnc1)c1cc(Nc2ccc(Br)cc2)ccn1. The minimum atomic E-state index is -0.224. The van der Waals surface area contributed by atoms with Gasteiger partial charge in [0.15, 0.2) is 0 Å². The minimum Gasteiger partial charge on any atom is -0.355 e. The molecule has 0 atom stereocenters. The van der Waals surface area contributed by atoms with Crippen LogP contribution in [-0.4, -0.2) is 15.9 Å². The van der Waals surface area contributed by atoms with E-state index in [1.807, 2.05) is 42.5 Å². The second-order valence-corrected chi connectivity index (χ2v) is 6.02. The average molecular weight is 383 g/mol. The number of benzene rings is 1. The van der Waals surface area contributed by atoms with E-state index >= 15 is 0 Å². The lowest BCUT2D eigenvalue weighted by Crippen LogP contribution is -2.23. The molecule has 5 nitrogen and oxygen atoms in total. The first kappa shape index (κ1) is 16.1. The van der Waals surface area contributed by atoms with Crippen LogP contribution in [0, 0.1) is 0 Å². The van der Waals surface area contributed by atoms with E-state index in [0.29, 0.717) is 12.2 Å². The minimum absolute atomic E-state index is 0.224. The molecule has 0 radical (unpaired) electrons. The van der Waals surface area contributed by atoms with Gasteiger partial charge in [-0.3, -0.25) is 14.8 Å². The predicted octanol–water partition coefficient (Wildman–Crippen LogP) is 3.91. The highest BCUT2D eigenvalue weighted by Crippen LogP contribution is 2.19. The number of hydrogen-bond acceptors (Lipinski definition) is 4. The van der Waals surface area contributed by atoms with E-state index in [1.165, 1.54) is 0 Å². The maximum absolute atomic E-state index is 12.2. The molecule has 2 aromatic heterocycles. The first-order valence-electron chi connectivity index (χ1n) is 7.36. The van der Waals surface area contributed by atoms with Gasteiger partial charge in [0.25, 0.3) is 5.91 Å². The molecule has 1 aromatic carbocycles. The van der Waals surface area contributed by atoms with E-state index in [9.17, 15) is 4.79 Å². The van der Waals surface area contributed by atoms with Gasteiger partial charge < -0.3 is 10.6 Å². The Kier molecular flexibility index (Phi) is 5.18. The first-order chi connectivity index (χ1) is 11.7. The van der Waals surface area contributed by atoms with Gasteiger partial charge in [-0.1, -0.05) is 22.0 Å². The van der Waals surface area contributed by atoms with E-state index in [4.69, 9.17) is 0 Å². The van der Waals surface area contributed by atoms with E-state index < -0.39 is 0 Å². The van der Waals surface area contributed by atoms with Gasteiger partial charge >= 0.3 is 0 Å². The van der Waals surface area contributed by atoms with Crippen LogP contribution in [0.1, 0.15) is 16.1 Å². The summed E-state index contributed by atoms with van der Waals surface area (Å²) in [5.41, 5.74) is 3.04. The van der Waals surface area contributed by atoms with Crippen LogP contribution >= 0.6 is 15.9 Å². The zero-order valence-corrected chi connectivity index (χ0v) is 14.3. The molecule has 2 heterocycles. The van der Waals surface area contributed by atoms with E-state index in [2.05, 4.69) is 36.5 Å². The van der Waals surface area contributed by atoms with Crippen molar-refractivity contribution in [2.75, 3.05) is 5.32 Å². The Balaban J connectivity index is 1.65. The summed E-state index contributed by atoms with van der Waals surface area (Å²) in [5, 5.41) is 6.09. The Labute approximate surface area is 148 Å². The summed E-state index contributed by atoms with van der Waals surface area (Å²) in [6.45, 7) is 0.415. The number of halogens is 1. The summed E-state index contributed by atoms with van der Waals surface area (Å²) < 4.78 is 1.01. The maximum Gasteiger partial charge on any atom is 0.270 e. The van der Waals surface area contributed by atoms with Crippen LogP contribution in [0.2, 0.25) is 0 Å². The second kappa shape index (κ2) is 7.70. The van der Waals surface area contributed by atoms with Gasteiger partial charge in [-0.15, -0.1) is 0 Å². The van der Waals surface area contributed by atoms with Crippen LogP contribution in [0.15, 0.2) is 71.6 Å². The molecule has 0 spiro atoms. The van der Waals surface area contributed by atoms with Crippen molar-refractivity contribution in [2.24, 2.45) is 0 Å². The predicted molar refractivity (Wildman–Crippen MR) is 97.1 cm³/mol. The Morgan fingerprint density at radius 1 is 1.04 bits per heavy atom. The third kappa shape index (κ3) is 4.39. The fourth-order valence-electron chi connectivity index (χ4n) is 2.11. The fraction of sp³-hybridized carbons (Fsp3) is 0.0556. The van der Waals surface area contributed by atoms with Crippen molar-refractivity contribution in [2.45, 2.75) is 6.54 Å². The molecule has 1 amide bonds. The Hall–Kier alpha value is -2.73. The molecule has 2 N–H and O–H groups in total. The molecular formula is C18H15BrN4O. The summed E-state index contributed by atoms with van der Waals surface area (Å²) in [4.78, 5) is 20.4. The zero-order chi connectivity index (χ0) is 16.8. The van der Waals surface area contributed by atoms with E-state index in [-0.39, 0.29) is 5.91 Å². The van der Waals surface area contributed by atoms with Gasteiger partial charge in [0.2, 0.25) is 0 Å².